The van der Waals surface area contributed by atoms with Crippen LogP contribution >= 0.6 is 11.6 Å². The number of hydrogen-bond donors (Lipinski definition) is 0. The van der Waals surface area contributed by atoms with Crippen molar-refractivity contribution in [2.24, 2.45) is 0 Å². The molecule has 4 rings (SSSR count). The highest BCUT2D eigenvalue weighted by Crippen LogP contribution is 2.39. The van der Waals surface area contributed by atoms with Crippen LogP contribution in [0.3, 0.4) is 0 Å². The Balaban J connectivity index is 1.64. The lowest BCUT2D eigenvalue weighted by atomic mass is 10.00. The number of hydrogen-bond acceptors (Lipinski definition) is 8. The first-order chi connectivity index (χ1) is 14.5. The van der Waals surface area contributed by atoms with E-state index in [-0.39, 0.29) is 12.0 Å². The predicted octanol–water partition coefficient (Wildman–Crippen LogP) is 1.95. The number of benzene rings is 1. The summed E-state index contributed by atoms with van der Waals surface area (Å²) in [5.74, 6) is 0.0569. The van der Waals surface area contributed by atoms with Crippen molar-refractivity contribution >= 4 is 28.5 Å². The molecule has 0 amide bonds. The third kappa shape index (κ3) is 4.18. The Labute approximate surface area is 179 Å². The van der Waals surface area contributed by atoms with Crippen LogP contribution < -0.4 is 10.4 Å². The lowest BCUT2D eigenvalue weighted by Gasteiger charge is -2.33. The largest absolute Gasteiger partial charge is 0.476 e. The van der Waals surface area contributed by atoms with Gasteiger partial charge in [0.25, 0.3) is 0 Å². The molecule has 0 atom stereocenters. The van der Waals surface area contributed by atoms with Gasteiger partial charge in [-0.2, -0.15) is 0 Å². The average molecular weight is 437 g/mol. The third-order valence-electron chi connectivity index (χ3n) is 5.74. The maximum Gasteiger partial charge on any atom is 0.340 e. The number of ether oxygens (including phenoxy) is 3. The minimum absolute atomic E-state index is 0.141. The molecule has 0 N–H and O–H groups in total. The van der Waals surface area contributed by atoms with Crippen molar-refractivity contribution in [3.63, 3.8) is 0 Å². The van der Waals surface area contributed by atoms with E-state index >= 15 is 0 Å². The van der Waals surface area contributed by atoms with E-state index in [0.29, 0.717) is 40.6 Å². The minimum Gasteiger partial charge on any atom is -0.476 e. The first kappa shape index (κ1) is 21.1. The first-order valence-electron chi connectivity index (χ1n) is 9.97. The number of fused-ring (bicyclic) bond motifs is 3. The molecule has 8 nitrogen and oxygen atoms in total. The molecule has 9 heteroatoms. The van der Waals surface area contributed by atoms with Gasteiger partial charge in [-0.3, -0.25) is 14.6 Å². The molecule has 1 fully saturated rings. The van der Waals surface area contributed by atoms with Gasteiger partial charge in [0.05, 0.1) is 42.9 Å². The monoisotopic (exact) mass is 436 g/mol. The second-order valence-electron chi connectivity index (χ2n) is 7.57. The molecule has 1 saturated heterocycles. The quantitative estimate of drug-likeness (QED) is 0.519. The average Bonchev–Trinajstić information content (AvgIpc) is 2.76. The predicted molar refractivity (Wildman–Crippen MR) is 111 cm³/mol. The summed E-state index contributed by atoms with van der Waals surface area (Å²) in [5.41, 5.74) is 1.63. The van der Waals surface area contributed by atoms with E-state index < -0.39 is 11.6 Å². The fraction of sp³-hybridized carbons (Fsp3) is 0.524. The molecule has 0 bridgehead atoms. The van der Waals surface area contributed by atoms with Crippen LogP contribution in [-0.2, 0) is 27.2 Å². The molecule has 1 aromatic carbocycles. The van der Waals surface area contributed by atoms with Gasteiger partial charge in [0.15, 0.2) is 0 Å². The normalized spacial score (nSPS) is 17.6. The molecule has 1 aromatic heterocycles. The van der Waals surface area contributed by atoms with Gasteiger partial charge < -0.3 is 18.6 Å². The number of morpholine rings is 1. The summed E-state index contributed by atoms with van der Waals surface area (Å²) in [6.07, 6.45) is -0.141. The summed E-state index contributed by atoms with van der Waals surface area (Å²) in [7, 11) is 1.29. The van der Waals surface area contributed by atoms with Crippen molar-refractivity contribution < 1.29 is 23.4 Å². The SMILES string of the molecule is COC(=O)Cc1c(C)c2cc(Cl)c3c(c2oc1=O)CN(CCN1CCOCC1)CO3. The molecule has 0 unspecified atom stereocenters. The summed E-state index contributed by atoms with van der Waals surface area (Å²) >= 11 is 6.49. The van der Waals surface area contributed by atoms with Gasteiger partial charge in [0.1, 0.15) is 18.1 Å². The van der Waals surface area contributed by atoms with Crippen LogP contribution in [0.25, 0.3) is 11.0 Å². The zero-order valence-electron chi connectivity index (χ0n) is 17.2. The Morgan fingerprint density at radius 2 is 1.97 bits per heavy atom. The van der Waals surface area contributed by atoms with Gasteiger partial charge in [0, 0.05) is 38.1 Å². The van der Waals surface area contributed by atoms with E-state index in [1.165, 1.54) is 7.11 Å². The number of carbonyl (C=O) groups excluding carboxylic acids is 1. The maximum atomic E-state index is 12.6. The van der Waals surface area contributed by atoms with E-state index in [9.17, 15) is 9.59 Å². The van der Waals surface area contributed by atoms with E-state index in [2.05, 4.69) is 9.80 Å². The number of aryl methyl sites for hydroxylation is 1. The van der Waals surface area contributed by atoms with E-state index in [1.54, 1.807) is 13.0 Å². The Hall–Kier alpha value is -2.13. The molecule has 30 heavy (non-hydrogen) atoms. The van der Waals surface area contributed by atoms with Gasteiger partial charge in [-0.15, -0.1) is 0 Å². The summed E-state index contributed by atoms with van der Waals surface area (Å²) in [6, 6.07) is 1.73. The number of nitrogens with zero attached hydrogens (tertiary/aromatic N) is 2. The summed E-state index contributed by atoms with van der Waals surface area (Å²) in [5, 5.41) is 1.17. The summed E-state index contributed by atoms with van der Waals surface area (Å²) in [4.78, 5) is 28.8. The standard InChI is InChI=1S/C21H25ClN2O6/c1-13-14-9-17(22)20-16(19(14)30-21(26)15(13)10-18(25)27-2)11-24(12-29-20)4-3-23-5-7-28-8-6-23/h9H,3-8,10-12H2,1-2H3. The lowest BCUT2D eigenvalue weighted by Crippen LogP contribution is -2.43. The Kier molecular flexibility index (Phi) is 6.29. The van der Waals surface area contributed by atoms with Gasteiger partial charge in [-0.1, -0.05) is 11.6 Å². The number of esters is 1. The van der Waals surface area contributed by atoms with Crippen LogP contribution in [0.1, 0.15) is 16.7 Å². The van der Waals surface area contributed by atoms with Crippen molar-refractivity contribution in [3.8, 4) is 5.75 Å². The molecule has 2 aliphatic rings. The third-order valence-corrected chi connectivity index (χ3v) is 6.02. The smallest absolute Gasteiger partial charge is 0.340 e. The molecule has 0 spiro atoms. The molecule has 0 saturated carbocycles. The molecule has 3 heterocycles. The van der Waals surface area contributed by atoms with Crippen LogP contribution in [-0.4, -0.2) is 69.0 Å². The second kappa shape index (κ2) is 8.93. The van der Waals surface area contributed by atoms with Gasteiger partial charge in [-0.05, 0) is 18.6 Å². The number of carbonyl (C=O) groups is 1. The topological polar surface area (TPSA) is 81.5 Å². The zero-order chi connectivity index (χ0) is 21.3. The van der Waals surface area contributed by atoms with E-state index in [4.69, 9.17) is 30.2 Å². The lowest BCUT2D eigenvalue weighted by molar-refractivity contribution is -0.139. The molecule has 2 aromatic rings. The van der Waals surface area contributed by atoms with Crippen LogP contribution in [0.5, 0.6) is 5.75 Å². The highest BCUT2D eigenvalue weighted by atomic mass is 35.5. The number of rotatable bonds is 5. The minimum atomic E-state index is -0.541. The molecular weight excluding hydrogens is 412 g/mol. The number of halogens is 1. The van der Waals surface area contributed by atoms with Crippen molar-refractivity contribution in [3.05, 3.63) is 38.2 Å². The summed E-state index contributed by atoms with van der Waals surface area (Å²) < 4.78 is 21.7. The van der Waals surface area contributed by atoms with Gasteiger partial charge >= 0.3 is 11.6 Å². The highest BCUT2D eigenvalue weighted by molar-refractivity contribution is 6.33. The molecule has 162 valence electrons. The van der Waals surface area contributed by atoms with Crippen molar-refractivity contribution in [1.82, 2.24) is 9.80 Å². The summed E-state index contributed by atoms with van der Waals surface area (Å²) in [6.45, 7) is 7.88. The van der Waals surface area contributed by atoms with E-state index in [0.717, 1.165) is 45.0 Å². The molecular formula is C21H25ClN2O6. The van der Waals surface area contributed by atoms with Gasteiger partial charge in [0.2, 0.25) is 0 Å². The Morgan fingerprint density at radius 3 is 2.70 bits per heavy atom. The Morgan fingerprint density at radius 1 is 1.23 bits per heavy atom. The molecule has 0 aliphatic carbocycles. The highest BCUT2D eigenvalue weighted by Gasteiger charge is 2.27. The van der Waals surface area contributed by atoms with Crippen molar-refractivity contribution in [2.75, 3.05) is 53.2 Å². The van der Waals surface area contributed by atoms with Gasteiger partial charge in [-0.25, -0.2) is 4.79 Å². The molecule has 0 radical (unpaired) electrons. The van der Waals surface area contributed by atoms with Crippen molar-refractivity contribution in [2.45, 2.75) is 19.9 Å². The molecule has 2 aliphatic heterocycles. The van der Waals surface area contributed by atoms with Crippen LogP contribution in [0, 0.1) is 6.92 Å². The van der Waals surface area contributed by atoms with Crippen LogP contribution in [0.4, 0.5) is 0 Å². The van der Waals surface area contributed by atoms with Crippen LogP contribution in [0.15, 0.2) is 15.3 Å². The fourth-order valence-corrected chi connectivity index (χ4v) is 4.21. The van der Waals surface area contributed by atoms with E-state index in [1.807, 2.05) is 0 Å². The first-order valence-corrected chi connectivity index (χ1v) is 10.4. The fourth-order valence-electron chi connectivity index (χ4n) is 3.93. The number of methoxy groups -OCH3 is 1. The Bertz CT molecular complexity index is 1010. The second-order valence-corrected chi connectivity index (χ2v) is 7.98. The maximum absolute atomic E-state index is 12.6. The van der Waals surface area contributed by atoms with Crippen molar-refractivity contribution in [1.29, 1.82) is 0 Å². The van der Waals surface area contributed by atoms with Crippen LogP contribution in [0.2, 0.25) is 5.02 Å². The zero-order valence-corrected chi connectivity index (χ0v) is 17.9.